The maximum absolute atomic E-state index is 14.4. The smallest absolute Gasteiger partial charge is 0.270 e. The van der Waals surface area contributed by atoms with Gasteiger partial charge in [0.15, 0.2) is 0 Å². The van der Waals surface area contributed by atoms with Crippen molar-refractivity contribution in [3.63, 3.8) is 0 Å². The molecule has 0 aliphatic carbocycles. The van der Waals surface area contributed by atoms with Gasteiger partial charge in [0, 0.05) is 23.1 Å². The Hall–Kier alpha value is -3.10. The fourth-order valence-electron chi connectivity index (χ4n) is 2.82. The fourth-order valence-corrected chi connectivity index (χ4v) is 3.99. The number of rotatable bonds is 4. The van der Waals surface area contributed by atoms with Crippen molar-refractivity contribution in [2.24, 2.45) is 0 Å². The first-order valence-corrected chi connectivity index (χ1v) is 9.33. The van der Waals surface area contributed by atoms with Crippen LogP contribution in [0.3, 0.4) is 0 Å². The zero-order chi connectivity index (χ0) is 19.8. The molecule has 2 heterocycles. The predicted molar refractivity (Wildman–Crippen MR) is 105 cm³/mol. The summed E-state index contributed by atoms with van der Waals surface area (Å²) in [5.74, 6) is -0.0493. The van der Waals surface area contributed by atoms with Gasteiger partial charge in [-0.2, -0.15) is 0 Å². The number of halogens is 2. The van der Waals surface area contributed by atoms with E-state index in [1.165, 1.54) is 35.6 Å². The molecular formula is C19H11ClFN3O3S. The second kappa shape index (κ2) is 7.14. The van der Waals surface area contributed by atoms with Gasteiger partial charge in [-0.1, -0.05) is 35.0 Å². The van der Waals surface area contributed by atoms with Gasteiger partial charge in [0.25, 0.3) is 5.69 Å². The number of non-ortho nitro benzene ring substituents is 1. The van der Waals surface area contributed by atoms with Crippen molar-refractivity contribution in [1.29, 1.82) is 0 Å². The van der Waals surface area contributed by atoms with E-state index in [0.717, 1.165) is 0 Å². The quantitative estimate of drug-likeness (QED) is 0.295. The number of benzene rings is 2. The molecule has 0 saturated heterocycles. The molecule has 0 saturated carbocycles. The Morgan fingerprint density at radius 2 is 2.00 bits per heavy atom. The minimum Gasteiger partial charge on any atom is -0.360 e. The third-order valence-electron chi connectivity index (χ3n) is 4.13. The molecule has 2 aromatic carbocycles. The average molecular weight is 416 g/mol. The molecule has 4 aromatic rings. The maximum Gasteiger partial charge on any atom is 0.270 e. The van der Waals surface area contributed by atoms with Crippen molar-refractivity contribution in [2.45, 2.75) is 6.92 Å². The zero-order valence-electron chi connectivity index (χ0n) is 14.3. The number of nitro groups is 1. The first kappa shape index (κ1) is 18.3. The summed E-state index contributed by atoms with van der Waals surface area (Å²) in [5.41, 5.74) is 2.09. The van der Waals surface area contributed by atoms with Crippen LogP contribution in [0.5, 0.6) is 0 Å². The van der Waals surface area contributed by atoms with Gasteiger partial charge in [0.1, 0.15) is 22.3 Å². The number of hydrogen-bond acceptors (Lipinski definition) is 6. The van der Waals surface area contributed by atoms with Crippen molar-refractivity contribution in [3.8, 4) is 33.1 Å². The van der Waals surface area contributed by atoms with Crippen molar-refractivity contribution < 1.29 is 13.8 Å². The molecule has 0 radical (unpaired) electrons. The molecule has 2 aromatic heterocycles. The third kappa shape index (κ3) is 3.17. The van der Waals surface area contributed by atoms with E-state index in [0.29, 0.717) is 27.6 Å². The topological polar surface area (TPSA) is 82.1 Å². The molecule has 0 bridgehead atoms. The number of nitro benzene ring substituents is 1. The third-order valence-corrected chi connectivity index (χ3v) is 5.31. The van der Waals surface area contributed by atoms with Gasteiger partial charge in [-0.25, -0.2) is 9.37 Å². The summed E-state index contributed by atoms with van der Waals surface area (Å²) < 4.78 is 19.7. The lowest BCUT2D eigenvalue weighted by Crippen LogP contribution is -1.90. The van der Waals surface area contributed by atoms with Gasteiger partial charge in [-0.15, -0.1) is 11.3 Å². The Morgan fingerprint density at radius 1 is 1.21 bits per heavy atom. The van der Waals surface area contributed by atoms with Crippen LogP contribution in [-0.2, 0) is 0 Å². The fraction of sp³-hybridized carbons (Fsp3) is 0.0526. The molecule has 4 rings (SSSR count). The van der Waals surface area contributed by atoms with E-state index in [1.54, 1.807) is 30.5 Å². The molecule has 0 atom stereocenters. The lowest BCUT2D eigenvalue weighted by atomic mass is 10.1. The lowest BCUT2D eigenvalue weighted by molar-refractivity contribution is -0.384. The van der Waals surface area contributed by atoms with Crippen LogP contribution in [-0.4, -0.2) is 15.1 Å². The lowest BCUT2D eigenvalue weighted by Gasteiger charge is -2.04. The van der Waals surface area contributed by atoms with Crippen LogP contribution in [0.15, 0.2) is 52.4 Å². The number of aromatic nitrogens is 2. The van der Waals surface area contributed by atoms with Gasteiger partial charge in [0.05, 0.1) is 26.8 Å². The van der Waals surface area contributed by atoms with E-state index in [4.69, 9.17) is 16.1 Å². The standard InChI is InChI=1S/C19H11ClFN3O3S/c1-10-16(18(23-27-10)17-13(20)6-3-7-14(17)21)19-22-15(9-28-19)11-4-2-5-12(8-11)24(25)26/h2-9H,1H3. The van der Waals surface area contributed by atoms with Gasteiger partial charge in [-0.05, 0) is 19.1 Å². The summed E-state index contributed by atoms with van der Waals surface area (Å²) in [4.78, 5) is 15.1. The molecule has 0 amide bonds. The van der Waals surface area contributed by atoms with Crippen LogP contribution in [0.1, 0.15) is 5.76 Å². The zero-order valence-corrected chi connectivity index (χ0v) is 15.9. The number of hydrogen-bond donors (Lipinski definition) is 0. The van der Waals surface area contributed by atoms with Crippen molar-refractivity contribution in [3.05, 3.63) is 74.6 Å². The van der Waals surface area contributed by atoms with Crippen molar-refractivity contribution >= 4 is 28.6 Å². The molecular weight excluding hydrogens is 405 g/mol. The Bertz CT molecular complexity index is 1180. The summed E-state index contributed by atoms with van der Waals surface area (Å²) in [5, 5.41) is 17.5. The van der Waals surface area contributed by atoms with Crippen LogP contribution in [0.4, 0.5) is 10.1 Å². The molecule has 6 nitrogen and oxygen atoms in total. The van der Waals surface area contributed by atoms with Crippen molar-refractivity contribution in [1.82, 2.24) is 10.1 Å². The van der Waals surface area contributed by atoms with E-state index in [1.807, 2.05) is 0 Å². The largest absolute Gasteiger partial charge is 0.360 e. The van der Waals surface area contributed by atoms with Crippen LogP contribution in [0, 0.1) is 22.9 Å². The Balaban J connectivity index is 1.82. The minimum absolute atomic E-state index is 0.0213. The molecule has 0 aliphatic heterocycles. The molecule has 0 spiro atoms. The first-order valence-electron chi connectivity index (χ1n) is 8.07. The minimum atomic E-state index is -0.516. The number of nitrogens with zero attached hydrogens (tertiary/aromatic N) is 3. The Labute approximate surface area is 167 Å². The second-order valence-electron chi connectivity index (χ2n) is 5.90. The molecule has 140 valence electrons. The summed E-state index contributed by atoms with van der Waals surface area (Å²) in [6.07, 6.45) is 0. The Kier molecular flexibility index (Phi) is 4.66. The van der Waals surface area contributed by atoms with Crippen LogP contribution < -0.4 is 0 Å². The predicted octanol–water partition coefficient (Wildman–Crippen LogP) is 6.14. The maximum atomic E-state index is 14.4. The summed E-state index contributed by atoms with van der Waals surface area (Å²) in [7, 11) is 0. The van der Waals surface area contributed by atoms with Gasteiger partial charge >= 0.3 is 0 Å². The van der Waals surface area contributed by atoms with E-state index < -0.39 is 10.7 Å². The van der Waals surface area contributed by atoms with Gasteiger partial charge < -0.3 is 4.52 Å². The van der Waals surface area contributed by atoms with E-state index >= 15 is 0 Å². The highest BCUT2D eigenvalue weighted by atomic mass is 35.5. The second-order valence-corrected chi connectivity index (χ2v) is 7.17. The highest BCUT2D eigenvalue weighted by molar-refractivity contribution is 7.13. The van der Waals surface area contributed by atoms with Crippen LogP contribution >= 0.6 is 22.9 Å². The highest BCUT2D eigenvalue weighted by Gasteiger charge is 2.24. The molecule has 0 unspecified atom stereocenters. The van der Waals surface area contributed by atoms with E-state index in [-0.39, 0.29) is 22.0 Å². The summed E-state index contributed by atoms with van der Waals surface area (Å²) in [6, 6.07) is 10.6. The highest BCUT2D eigenvalue weighted by Crippen LogP contribution is 2.41. The average Bonchev–Trinajstić information content (AvgIpc) is 3.29. The molecule has 9 heteroatoms. The normalized spacial score (nSPS) is 11.0. The molecule has 0 aliphatic rings. The number of aryl methyl sites for hydroxylation is 1. The van der Waals surface area contributed by atoms with E-state index in [2.05, 4.69) is 10.1 Å². The number of thiazole rings is 1. The monoisotopic (exact) mass is 415 g/mol. The van der Waals surface area contributed by atoms with Gasteiger partial charge in [0.2, 0.25) is 0 Å². The van der Waals surface area contributed by atoms with Crippen LogP contribution in [0.25, 0.3) is 33.1 Å². The SMILES string of the molecule is Cc1onc(-c2c(F)cccc2Cl)c1-c1nc(-c2cccc([N+](=O)[O-])c2)cs1. The first-order chi connectivity index (χ1) is 13.5. The van der Waals surface area contributed by atoms with Gasteiger partial charge in [-0.3, -0.25) is 10.1 Å². The Morgan fingerprint density at radius 3 is 2.75 bits per heavy atom. The summed E-state index contributed by atoms with van der Waals surface area (Å²) in [6.45, 7) is 1.70. The van der Waals surface area contributed by atoms with E-state index in [9.17, 15) is 14.5 Å². The molecule has 0 N–H and O–H groups in total. The van der Waals surface area contributed by atoms with Crippen molar-refractivity contribution in [2.75, 3.05) is 0 Å². The molecule has 0 fully saturated rings. The molecule has 28 heavy (non-hydrogen) atoms. The summed E-state index contributed by atoms with van der Waals surface area (Å²) >= 11 is 7.48. The van der Waals surface area contributed by atoms with Crippen LogP contribution in [0.2, 0.25) is 5.02 Å².